The maximum atomic E-state index is 9.55. The summed E-state index contributed by atoms with van der Waals surface area (Å²) in [6.45, 7) is 1.79. The SMILES string of the molecule is CN(c1nc2c(cc1C#N)CCC2)C1CN(c2cc3c(nn2)CCC3)C1. The molecule has 3 heterocycles. The first-order valence-electron chi connectivity index (χ1n) is 9.49. The van der Waals surface area contributed by atoms with E-state index in [0.717, 1.165) is 56.8 Å². The molecule has 2 aliphatic carbocycles. The molecule has 0 spiro atoms. The number of likely N-dealkylation sites (N-methyl/N-ethyl adjacent to an activating group) is 1. The molecular weight excluding hydrogens is 324 g/mol. The van der Waals surface area contributed by atoms with Gasteiger partial charge >= 0.3 is 0 Å². The average Bonchev–Trinajstić information content (AvgIpc) is 3.27. The molecule has 6 heteroatoms. The molecule has 0 radical (unpaired) electrons. The van der Waals surface area contributed by atoms with E-state index >= 15 is 0 Å². The van der Waals surface area contributed by atoms with Crippen molar-refractivity contribution in [2.24, 2.45) is 0 Å². The third-order valence-electron chi connectivity index (χ3n) is 6.03. The maximum Gasteiger partial charge on any atom is 0.151 e. The molecule has 0 amide bonds. The van der Waals surface area contributed by atoms with Gasteiger partial charge in [0, 0.05) is 25.8 Å². The van der Waals surface area contributed by atoms with Crippen molar-refractivity contribution in [3.8, 4) is 6.07 Å². The van der Waals surface area contributed by atoms with Crippen molar-refractivity contribution in [2.75, 3.05) is 29.9 Å². The van der Waals surface area contributed by atoms with Gasteiger partial charge in [-0.05, 0) is 61.8 Å². The molecule has 0 unspecified atom stereocenters. The standard InChI is InChI=1S/C20H22N6/c1-25(20-15(10-21)8-13-4-2-6-17(13)22-20)16-11-26(12-16)19-9-14-5-3-7-18(14)23-24-19/h8-9,16H,2-7,11-12H2,1H3. The van der Waals surface area contributed by atoms with Gasteiger partial charge in [0.15, 0.2) is 5.82 Å². The summed E-state index contributed by atoms with van der Waals surface area (Å²) in [5.41, 5.74) is 5.65. The highest BCUT2D eigenvalue weighted by Gasteiger charge is 2.34. The van der Waals surface area contributed by atoms with Gasteiger partial charge in [-0.25, -0.2) is 4.98 Å². The summed E-state index contributed by atoms with van der Waals surface area (Å²) >= 11 is 0. The van der Waals surface area contributed by atoms with Gasteiger partial charge in [-0.1, -0.05) is 0 Å². The van der Waals surface area contributed by atoms with E-state index in [-0.39, 0.29) is 0 Å². The number of aryl methyl sites for hydroxylation is 4. The largest absolute Gasteiger partial charge is 0.352 e. The lowest BCUT2D eigenvalue weighted by molar-refractivity contribution is 0.487. The van der Waals surface area contributed by atoms with Crippen molar-refractivity contribution >= 4 is 11.6 Å². The van der Waals surface area contributed by atoms with Crippen LogP contribution in [0, 0.1) is 11.3 Å². The topological polar surface area (TPSA) is 68.9 Å². The Morgan fingerprint density at radius 1 is 1.04 bits per heavy atom. The van der Waals surface area contributed by atoms with Crippen LogP contribution in [0.25, 0.3) is 0 Å². The van der Waals surface area contributed by atoms with E-state index in [9.17, 15) is 5.26 Å². The number of fused-ring (bicyclic) bond motifs is 2. The molecule has 6 nitrogen and oxygen atoms in total. The normalized spacial score (nSPS) is 18.2. The van der Waals surface area contributed by atoms with E-state index in [4.69, 9.17) is 4.98 Å². The first-order chi connectivity index (χ1) is 12.7. The van der Waals surface area contributed by atoms with Gasteiger partial charge in [0.25, 0.3) is 0 Å². The summed E-state index contributed by atoms with van der Waals surface area (Å²) in [4.78, 5) is 9.27. The highest BCUT2D eigenvalue weighted by atomic mass is 15.4. The molecular formula is C20H22N6. The second kappa shape index (κ2) is 5.94. The van der Waals surface area contributed by atoms with Gasteiger partial charge in [-0.2, -0.15) is 10.4 Å². The van der Waals surface area contributed by atoms with Crippen molar-refractivity contribution in [2.45, 2.75) is 44.6 Å². The van der Waals surface area contributed by atoms with E-state index in [0.29, 0.717) is 11.6 Å². The van der Waals surface area contributed by atoms with Crippen LogP contribution >= 0.6 is 0 Å². The molecule has 1 aliphatic heterocycles. The van der Waals surface area contributed by atoms with Crippen molar-refractivity contribution in [1.82, 2.24) is 15.2 Å². The molecule has 2 aromatic rings. The van der Waals surface area contributed by atoms with Crippen LogP contribution in [0.4, 0.5) is 11.6 Å². The highest BCUT2D eigenvalue weighted by molar-refractivity contribution is 5.59. The minimum absolute atomic E-state index is 0.351. The minimum Gasteiger partial charge on any atom is -0.352 e. The van der Waals surface area contributed by atoms with E-state index < -0.39 is 0 Å². The van der Waals surface area contributed by atoms with E-state index in [2.05, 4.69) is 39.2 Å². The van der Waals surface area contributed by atoms with Gasteiger partial charge in [0.1, 0.15) is 11.9 Å². The summed E-state index contributed by atoms with van der Waals surface area (Å²) in [5.74, 6) is 1.82. The fourth-order valence-electron chi connectivity index (χ4n) is 4.34. The summed E-state index contributed by atoms with van der Waals surface area (Å²) in [7, 11) is 2.06. The predicted molar refractivity (Wildman–Crippen MR) is 99.4 cm³/mol. The number of hydrogen-bond donors (Lipinski definition) is 0. The number of nitrogens with zero attached hydrogens (tertiary/aromatic N) is 6. The molecule has 1 saturated heterocycles. The van der Waals surface area contributed by atoms with Crippen LogP contribution < -0.4 is 9.80 Å². The van der Waals surface area contributed by atoms with Crippen LogP contribution in [0.5, 0.6) is 0 Å². The Labute approximate surface area is 153 Å². The molecule has 132 valence electrons. The Hall–Kier alpha value is -2.68. The van der Waals surface area contributed by atoms with Crippen molar-refractivity contribution in [3.63, 3.8) is 0 Å². The number of nitriles is 1. The van der Waals surface area contributed by atoms with Crippen LogP contribution in [0.3, 0.4) is 0 Å². The summed E-state index contributed by atoms with van der Waals surface area (Å²) in [5, 5.41) is 18.4. The van der Waals surface area contributed by atoms with Gasteiger partial charge in [0.05, 0.1) is 17.3 Å². The molecule has 1 fully saturated rings. The van der Waals surface area contributed by atoms with Crippen LogP contribution in [-0.4, -0.2) is 41.4 Å². The molecule has 0 atom stereocenters. The monoisotopic (exact) mass is 346 g/mol. The fraction of sp³-hybridized carbons (Fsp3) is 0.500. The number of anilines is 2. The fourth-order valence-corrected chi connectivity index (χ4v) is 4.34. The number of hydrogen-bond acceptors (Lipinski definition) is 6. The Morgan fingerprint density at radius 3 is 2.54 bits per heavy atom. The molecule has 5 rings (SSSR count). The molecule has 0 saturated carbocycles. The van der Waals surface area contributed by atoms with Crippen LogP contribution in [0.2, 0.25) is 0 Å². The second-order valence-electron chi connectivity index (χ2n) is 7.63. The van der Waals surface area contributed by atoms with Crippen LogP contribution in [-0.2, 0) is 25.7 Å². The number of pyridine rings is 1. The minimum atomic E-state index is 0.351. The molecule has 0 aromatic carbocycles. The number of aromatic nitrogens is 3. The van der Waals surface area contributed by atoms with E-state index in [1.54, 1.807) is 0 Å². The summed E-state index contributed by atoms with van der Waals surface area (Å²) in [6.07, 6.45) is 6.61. The molecule has 26 heavy (non-hydrogen) atoms. The third kappa shape index (κ3) is 2.42. The first-order valence-corrected chi connectivity index (χ1v) is 9.49. The quantitative estimate of drug-likeness (QED) is 0.847. The average molecular weight is 346 g/mol. The Kier molecular flexibility index (Phi) is 3.56. The molecule has 2 aromatic heterocycles. The molecule has 3 aliphatic rings. The zero-order chi connectivity index (χ0) is 17.7. The lowest BCUT2D eigenvalue weighted by Crippen LogP contribution is -2.59. The zero-order valence-corrected chi connectivity index (χ0v) is 15.1. The van der Waals surface area contributed by atoms with Gasteiger partial charge in [-0.15, -0.1) is 5.10 Å². The maximum absolute atomic E-state index is 9.55. The van der Waals surface area contributed by atoms with Gasteiger partial charge < -0.3 is 9.80 Å². The Bertz CT molecular complexity index is 909. The van der Waals surface area contributed by atoms with Crippen LogP contribution in [0.1, 0.15) is 40.9 Å². The Balaban J connectivity index is 1.33. The van der Waals surface area contributed by atoms with Crippen molar-refractivity contribution < 1.29 is 0 Å². The number of rotatable bonds is 3. The Morgan fingerprint density at radius 2 is 1.77 bits per heavy atom. The summed E-state index contributed by atoms with van der Waals surface area (Å²) in [6, 6.07) is 6.94. The summed E-state index contributed by atoms with van der Waals surface area (Å²) < 4.78 is 0. The predicted octanol–water partition coefficient (Wildman–Crippen LogP) is 2.05. The van der Waals surface area contributed by atoms with E-state index in [1.165, 1.54) is 28.9 Å². The first kappa shape index (κ1) is 15.6. The second-order valence-corrected chi connectivity index (χ2v) is 7.63. The lowest BCUT2D eigenvalue weighted by atomic mass is 10.1. The lowest BCUT2D eigenvalue weighted by Gasteiger charge is -2.45. The van der Waals surface area contributed by atoms with E-state index in [1.807, 2.05) is 6.07 Å². The zero-order valence-electron chi connectivity index (χ0n) is 15.1. The highest BCUT2D eigenvalue weighted by Crippen LogP contribution is 2.31. The van der Waals surface area contributed by atoms with Gasteiger partial charge in [-0.3, -0.25) is 0 Å². The van der Waals surface area contributed by atoms with Crippen molar-refractivity contribution in [1.29, 1.82) is 5.26 Å². The van der Waals surface area contributed by atoms with Gasteiger partial charge in [0.2, 0.25) is 0 Å². The molecule has 0 N–H and O–H groups in total. The van der Waals surface area contributed by atoms with Crippen LogP contribution in [0.15, 0.2) is 12.1 Å². The molecule has 0 bridgehead atoms. The van der Waals surface area contributed by atoms with Crippen molar-refractivity contribution in [3.05, 3.63) is 40.2 Å². The third-order valence-corrected chi connectivity index (χ3v) is 6.03. The smallest absolute Gasteiger partial charge is 0.151 e.